The van der Waals surface area contributed by atoms with E-state index in [0.29, 0.717) is 5.75 Å². The number of amides is 1. The third-order valence-electron chi connectivity index (χ3n) is 2.51. The van der Waals surface area contributed by atoms with Gasteiger partial charge in [-0.2, -0.15) is 0 Å². The van der Waals surface area contributed by atoms with Crippen LogP contribution in [0.3, 0.4) is 0 Å². The monoisotopic (exact) mass is 255 g/mol. The van der Waals surface area contributed by atoms with Crippen molar-refractivity contribution in [2.45, 2.75) is 19.4 Å². The van der Waals surface area contributed by atoms with E-state index in [0.717, 1.165) is 0 Å². The van der Waals surface area contributed by atoms with Crippen LogP contribution < -0.4 is 4.74 Å². The molecule has 0 bridgehead atoms. The first kappa shape index (κ1) is 14.4. The summed E-state index contributed by atoms with van der Waals surface area (Å²) in [7, 11) is 3.33. The Morgan fingerprint density at radius 3 is 2.67 bits per heavy atom. The third kappa shape index (κ3) is 4.00. The Kier molecular flexibility index (Phi) is 5.09. The molecule has 0 heterocycles. The Hall–Kier alpha value is -1.62. The van der Waals surface area contributed by atoms with Crippen molar-refractivity contribution >= 4 is 5.91 Å². The van der Waals surface area contributed by atoms with Gasteiger partial charge in [0, 0.05) is 25.7 Å². The van der Waals surface area contributed by atoms with E-state index >= 15 is 0 Å². The van der Waals surface area contributed by atoms with Crippen LogP contribution in [-0.2, 0) is 4.79 Å². The molecular weight excluding hydrogens is 237 g/mol. The first-order valence-electron chi connectivity index (χ1n) is 5.72. The number of hydrogen-bond donors (Lipinski definition) is 1. The molecule has 4 nitrogen and oxygen atoms in total. The summed E-state index contributed by atoms with van der Waals surface area (Å²) in [5, 5.41) is 9.27. The van der Waals surface area contributed by atoms with Crippen molar-refractivity contribution in [3.8, 4) is 5.75 Å². The highest BCUT2D eigenvalue weighted by Gasteiger charge is 2.09. The molecule has 0 aliphatic rings. The molecule has 0 saturated heterocycles. The molecule has 0 aliphatic carbocycles. The molecule has 1 aromatic carbocycles. The Morgan fingerprint density at radius 1 is 1.50 bits per heavy atom. The predicted molar refractivity (Wildman–Crippen MR) is 65.8 cm³/mol. The van der Waals surface area contributed by atoms with Gasteiger partial charge in [-0.05, 0) is 19.1 Å². The summed E-state index contributed by atoms with van der Waals surface area (Å²) in [5.41, 5.74) is 0.228. The second-order valence-corrected chi connectivity index (χ2v) is 4.25. The standard InChI is InChI=1S/C13H18FNO3/c1-9(16)11-5-4-10(8-12(11)14)18-7-6-13(17)15(2)3/h4-5,8-9,16H,6-7H2,1-3H3. The van der Waals surface area contributed by atoms with Crippen molar-refractivity contribution < 1.29 is 19.0 Å². The van der Waals surface area contributed by atoms with Gasteiger partial charge in [0.25, 0.3) is 0 Å². The van der Waals surface area contributed by atoms with Gasteiger partial charge in [-0.3, -0.25) is 4.79 Å². The molecule has 5 heteroatoms. The van der Waals surface area contributed by atoms with Crippen molar-refractivity contribution in [1.82, 2.24) is 4.90 Å². The van der Waals surface area contributed by atoms with Crippen LogP contribution in [0.4, 0.5) is 4.39 Å². The van der Waals surface area contributed by atoms with Crippen LogP contribution in [0.25, 0.3) is 0 Å². The van der Waals surface area contributed by atoms with Crippen molar-refractivity contribution in [3.05, 3.63) is 29.6 Å². The summed E-state index contributed by atoms with van der Waals surface area (Å²) >= 11 is 0. The van der Waals surface area contributed by atoms with E-state index in [4.69, 9.17) is 4.74 Å². The van der Waals surface area contributed by atoms with Gasteiger partial charge in [-0.25, -0.2) is 4.39 Å². The molecule has 1 rings (SSSR count). The van der Waals surface area contributed by atoms with Crippen molar-refractivity contribution in [2.24, 2.45) is 0 Å². The van der Waals surface area contributed by atoms with Gasteiger partial charge in [-0.15, -0.1) is 0 Å². The lowest BCUT2D eigenvalue weighted by Gasteiger charge is -2.12. The molecule has 0 aromatic heterocycles. The molecule has 0 radical (unpaired) electrons. The summed E-state index contributed by atoms with van der Waals surface area (Å²) in [6, 6.07) is 4.26. The van der Waals surface area contributed by atoms with Gasteiger partial charge in [0.05, 0.1) is 19.1 Å². The van der Waals surface area contributed by atoms with Crippen LogP contribution in [0.1, 0.15) is 25.0 Å². The Balaban J connectivity index is 2.54. The Morgan fingerprint density at radius 2 is 2.17 bits per heavy atom. The number of halogens is 1. The quantitative estimate of drug-likeness (QED) is 0.871. The fraction of sp³-hybridized carbons (Fsp3) is 0.462. The lowest BCUT2D eigenvalue weighted by atomic mass is 10.1. The van der Waals surface area contributed by atoms with Crippen LogP contribution >= 0.6 is 0 Å². The largest absolute Gasteiger partial charge is 0.493 e. The van der Waals surface area contributed by atoms with Gasteiger partial charge >= 0.3 is 0 Å². The van der Waals surface area contributed by atoms with Gasteiger partial charge < -0.3 is 14.7 Å². The van der Waals surface area contributed by atoms with Crippen molar-refractivity contribution in [1.29, 1.82) is 0 Å². The van der Waals surface area contributed by atoms with Gasteiger partial charge in [0.2, 0.25) is 5.91 Å². The van der Waals surface area contributed by atoms with Crippen molar-refractivity contribution in [3.63, 3.8) is 0 Å². The zero-order valence-electron chi connectivity index (χ0n) is 10.8. The average molecular weight is 255 g/mol. The molecule has 1 atom stereocenters. The van der Waals surface area contributed by atoms with Gasteiger partial charge in [0.1, 0.15) is 11.6 Å². The second-order valence-electron chi connectivity index (χ2n) is 4.25. The molecule has 1 N–H and O–H groups in total. The minimum Gasteiger partial charge on any atom is -0.493 e. The van der Waals surface area contributed by atoms with E-state index < -0.39 is 11.9 Å². The molecule has 18 heavy (non-hydrogen) atoms. The van der Waals surface area contributed by atoms with Gasteiger partial charge in [-0.1, -0.05) is 0 Å². The van der Waals surface area contributed by atoms with E-state index in [1.165, 1.54) is 24.0 Å². The Bertz CT molecular complexity index is 419. The maximum Gasteiger partial charge on any atom is 0.225 e. The number of ether oxygens (including phenoxy) is 1. The molecule has 100 valence electrons. The molecule has 1 aromatic rings. The predicted octanol–water partition coefficient (Wildman–Crippen LogP) is 1.74. The molecule has 0 fully saturated rings. The fourth-order valence-corrected chi connectivity index (χ4v) is 1.42. The molecule has 0 spiro atoms. The summed E-state index contributed by atoms with van der Waals surface area (Å²) in [6.07, 6.45) is -0.610. The maximum absolute atomic E-state index is 13.5. The highest BCUT2D eigenvalue weighted by atomic mass is 19.1. The number of aliphatic hydroxyl groups excluding tert-OH is 1. The zero-order chi connectivity index (χ0) is 13.7. The number of nitrogens with zero attached hydrogens (tertiary/aromatic N) is 1. The SMILES string of the molecule is CC(O)c1ccc(OCCC(=O)N(C)C)cc1F. The third-order valence-corrected chi connectivity index (χ3v) is 2.51. The minimum absolute atomic E-state index is 0.0453. The van der Waals surface area contributed by atoms with Crippen LogP contribution in [0, 0.1) is 5.82 Å². The number of hydrogen-bond acceptors (Lipinski definition) is 3. The number of rotatable bonds is 5. The van der Waals surface area contributed by atoms with E-state index in [9.17, 15) is 14.3 Å². The summed E-state index contributed by atoms with van der Waals surface area (Å²) in [5.74, 6) is -0.207. The van der Waals surface area contributed by atoms with Crippen LogP contribution in [0.2, 0.25) is 0 Å². The summed E-state index contributed by atoms with van der Waals surface area (Å²) in [4.78, 5) is 12.8. The molecule has 1 amide bonds. The first-order valence-corrected chi connectivity index (χ1v) is 5.72. The maximum atomic E-state index is 13.5. The minimum atomic E-state index is -0.852. The van der Waals surface area contributed by atoms with Crippen LogP contribution in [0.5, 0.6) is 5.75 Å². The van der Waals surface area contributed by atoms with E-state index in [1.54, 1.807) is 20.2 Å². The average Bonchev–Trinajstić information content (AvgIpc) is 2.28. The van der Waals surface area contributed by atoms with E-state index in [2.05, 4.69) is 0 Å². The molecule has 0 saturated carbocycles. The zero-order valence-corrected chi connectivity index (χ0v) is 10.8. The first-order chi connectivity index (χ1) is 8.41. The van der Waals surface area contributed by atoms with Crippen LogP contribution in [0.15, 0.2) is 18.2 Å². The lowest BCUT2D eigenvalue weighted by molar-refractivity contribution is -0.129. The van der Waals surface area contributed by atoms with Crippen LogP contribution in [-0.4, -0.2) is 36.6 Å². The lowest BCUT2D eigenvalue weighted by Crippen LogP contribution is -2.23. The Labute approximate surface area is 106 Å². The highest BCUT2D eigenvalue weighted by Crippen LogP contribution is 2.21. The summed E-state index contributed by atoms with van der Waals surface area (Å²) < 4.78 is 18.8. The van der Waals surface area contributed by atoms with E-state index in [1.807, 2.05) is 0 Å². The second kappa shape index (κ2) is 6.35. The molecule has 1 unspecified atom stereocenters. The molecule has 0 aliphatic heterocycles. The number of carbonyl (C=O) groups is 1. The summed E-state index contributed by atoms with van der Waals surface area (Å²) in [6.45, 7) is 1.69. The fourth-order valence-electron chi connectivity index (χ4n) is 1.42. The van der Waals surface area contributed by atoms with Crippen molar-refractivity contribution in [2.75, 3.05) is 20.7 Å². The normalized spacial score (nSPS) is 12.1. The number of carbonyl (C=O) groups excluding carboxylic acids is 1. The smallest absolute Gasteiger partial charge is 0.225 e. The number of aliphatic hydroxyl groups is 1. The van der Waals surface area contributed by atoms with Gasteiger partial charge in [0.15, 0.2) is 0 Å². The van der Waals surface area contributed by atoms with E-state index in [-0.39, 0.29) is 24.5 Å². The number of benzene rings is 1. The molecular formula is C13H18FNO3. The topological polar surface area (TPSA) is 49.8 Å². The highest BCUT2D eigenvalue weighted by molar-refractivity contribution is 5.75.